The molecule has 0 heterocycles. The third-order valence-electron chi connectivity index (χ3n) is 4.41. The minimum Gasteiger partial charge on any atom is -0.254 e. The summed E-state index contributed by atoms with van der Waals surface area (Å²) in [6.07, 6.45) is 0. The van der Waals surface area contributed by atoms with Gasteiger partial charge in [-0.15, -0.1) is 17.0 Å². The van der Waals surface area contributed by atoms with Gasteiger partial charge >= 0.3 is 0 Å². The topological polar surface area (TPSA) is 12.4 Å². The molecule has 4 aromatic rings. The van der Waals surface area contributed by atoms with Crippen molar-refractivity contribution in [3.8, 4) is 0 Å². The second-order valence-electron chi connectivity index (χ2n) is 6.08. The summed E-state index contributed by atoms with van der Waals surface area (Å²) < 4.78 is 5.41. The van der Waals surface area contributed by atoms with Gasteiger partial charge in [-0.1, -0.05) is 109 Å². The monoisotopic (exact) mass is 433 g/mol. The van der Waals surface area contributed by atoms with Crippen LogP contribution in [0.15, 0.2) is 126 Å². The highest BCUT2D eigenvalue weighted by Gasteiger charge is 2.27. The average molecular weight is 434 g/mol. The maximum Gasteiger partial charge on any atom is 0.0625 e. The van der Waals surface area contributed by atoms with Gasteiger partial charge in [-0.3, -0.25) is 4.74 Å². The maximum absolute atomic E-state index is 5.41. The van der Waals surface area contributed by atoms with Crippen molar-refractivity contribution in [1.29, 1.82) is 0 Å². The molecule has 4 aromatic carbocycles. The molecule has 0 aliphatic rings. The molecule has 1 nitrogen and oxygen atoms in total. The van der Waals surface area contributed by atoms with Crippen LogP contribution in [0.2, 0.25) is 0 Å². The molecule has 0 saturated carbocycles. The summed E-state index contributed by atoms with van der Waals surface area (Å²) >= 11 is 0. The third-order valence-corrected chi connectivity index (χ3v) is 8.08. The lowest BCUT2D eigenvalue weighted by atomic mass is 10.3. The van der Waals surface area contributed by atoms with E-state index in [9.17, 15) is 0 Å². The standard InChI is InChI=1S/C24H20NP.BrH/c1-5-13-21(14-6-1)25-26(22-15-7-2-8-16-22,23-17-9-3-10-18-23)24-19-11-4-12-20-24;/h1-20H;1H. The van der Waals surface area contributed by atoms with Crippen molar-refractivity contribution in [2.45, 2.75) is 0 Å². The van der Waals surface area contributed by atoms with Gasteiger partial charge < -0.3 is 0 Å². The van der Waals surface area contributed by atoms with Gasteiger partial charge in [-0.25, -0.2) is 0 Å². The van der Waals surface area contributed by atoms with E-state index in [0.717, 1.165) is 5.69 Å². The smallest absolute Gasteiger partial charge is 0.0625 e. The van der Waals surface area contributed by atoms with Gasteiger partial charge in [0.15, 0.2) is 0 Å². The summed E-state index contributed by atoms with van der Waals surface area (Å²) in [5, 5.41) is 3.80. The molecule has 0 saturated heterocycles. The van der Waals surface area contributed by atoms with E-state index in [1.54, 1.807) is 0 Å². The van der Waals surface area contributed by atoms with Crippen molar-refractivity contribution < 1.29 is 0 Å². The molecule has 0 spiro atoms. The van der Waals surface area contributed by atoms with Crippen molar-refractivity contribution in [3.63, 3.8) is 0 Å². The minimum absolute atomic E-state index is 0. The Labute approximate surface area is 171 Å². The fraction of sp³-hybridized carbons (Fsp3) is 0. The van der Waals surface area contributed by atoms with Gasteiger partial charge in [0.25, 0.3) is 0 Å². The summed E-state index contributed by atoms with van der Waals surface area (Å²) in [6.45, 7) is 0. The van der Waals surface area contributed by atoms with E-state index in [1.165, 1.54) is 15.9 Å². The van der Waals surface area contributed by atoms with E-state index in [4.69, 9.17) is 4.74 Å². The molecule has 0 aliphatic heterocycles. The van der Waals surface area contributed by atoms with Crippen LogP contribution in [-0.2, 0) is 0 Å². The van der Waals surface area contributed by atoms with Crippen molar-refractivity contribution >= 4 is 45.6 Å². The Hall–Kier alpha value is -2.41. The lowest BCUT2D eigenvalue weighted by Crippen LogP contribution is -2.25. The second kappa shape index (κ2) is 8.99. The zero-order chi connectivity index (χ0) is 17.7. The molecule has 27 heavy (non-hydrogen) atoms. The van der Waals surface area contributed by atoms with Gasteiger partial charge in [-0.05, 0) is 12.1 Å². The predicted octanol–water partition coefficient (Wildman–Crippen LogP) is 6.07. The Morgan fingerprint density at radius 1 is 0.407 bits per heavy atom. The predicted molar refractivity (Wildman–Crippen MR) is 124 cm³/mol. The number of halogens is 1. The van der Waals surface area contributed by atoms with Crippen molar-refractivity contribution in [1.82, 2.24) is 0 Å². The summed E-state index contributed by atoms with van der Waals surface area (Å²) in [5.74, 6) is 0. The van der Waals surface area contributed by atoms with Gasteiger partial charge in [-0.2, -0.15) is 0 Å². The van der Waals surface area contributed by atoms with Crippen LogP contribution < -0.4 is 15.9 Å². The van der Waals surface area contributed by atoms with Gasteiger partial charge in [0.1, 0.15) is 0 Å². The van der Waals surface area contributed by atoms with Crippen molar-refractivity contribution in [2.24, 2.45) is 4.74 Å². The van der Waals surface area contributed by atoms with E-state index < -0.39 is 7.05 Å². The van der Waals surface area contributed by atoms with Gasteiger partial charge in [0.2, 0.25) is 0 Å². The molecule has 0 fully saturated rings. The first-order valence-corrected chi connectivity index (χ1v) is 10.5. The quantitative estimate of drug-likeness (QED) is 0.346. The largest absolute Gasteiger partial charge is 0.254 e. The van der Waals surface area contributed by atoms with Crippen LogP contribution in [0.4, 0.5) is 5.69 Å². The van der Waals surface area contributed by atoms with Gasteiger partial charge in [0, 0.05) is 15.9 Å². The molecule has 0 atom stereocenters. The van der Waals surface area contributed by atoms with Crippen LogP contribution in [0, 0.1) is 0 Å². The van der Waals surface area contributed by atoms with Crippen LogP contribution in [-0.4, -0.2) is 0 Å². The third kappa shape index (κ3) is 3.98. The first-order valence-electron chi connectivity index (χ1n) is 8.74. The van der Waals surface area contributed by atoms with Crippen LogP contribution in [0.5, 0.6) is 0 Å². The molecule has 3 heteroatoms. The zero-order valence-corrected chi connectivity index (χ0v) is 17.5. The Balaban J connectivity index is 0.00000210. The SMILES string of the molecule is Br.c1ccc(N=P(c2ccccc2)(c2ccccc2)c2ccccc2)cc1. The highest BCUT2D eigenvalue weighted by atomic mass is 79.9. The fourth-order valence-electron chi connectivity index (χ4n) is 3.22. The van der Waals surface area contributed by atoms with E-state index in [-0.39, 0.29) is 17.0 Å². The molecule has 0 amide bonds. The number of hydrogen-bond donors (Lipinski definition) is 0. The Morgan fingerprint density at radius 3 is 1.04 bits per heavy atom. The normalized spacial score (nSPS) is 10.7. The number of nitrogens with zero attached hydrogens (tertiary/aromatic N) is 1. The van der Waals surface area contributed by atoms with Crippen molar-refractivity contribution in [2.75, 3.05) is 0 Å². The minimum atomic E-state index is -2.15. The van der Waals surface area contributed by atoms with E-state index in [2.05, 4.69) is 115 Å². The first-order chi connectivity index (χ1) is 12.9. The average Bonchev–Trinajstić information content (AvgIpc) is 2.75. The lowest BCUT2D eigenvalue weighted by molar-refractivity contribution is 1.55. The Kier molecular flexibility index (Phi) is 6.45. The molecule has 4 rings (SSSR count). The fourth-order valence-corrected chi connectivity index (χ4v) is 6.75. The molecule has 0 N–H and O–H groups in total. The summed E-state index contributed by atoms with van der Waals surface area (Å²) in [7, 11) is -2.15. The molecular weight excluding hydrogens is 413 g/mol. The molecule has 0 aliphatic carbocycles. The molecule has 0 aromatic heterocycles. The molecule has 0 unspecified atom stereocenters. The van der Waals surface area contributed by atoms with Crippen LogP contribution in [0.25, 0.3) is 0 Å². The highest BCUT2D eigenvalue weighted by molar-refractivity contribution is 8.93. The van der Waals surface area contributed by atoms with Gasteiger partial charge in [0.05, 0.1) is 12.7 Å². The van der Waals surface area contributed by atoms with E-state index in [0.29, 0.717) is 0 Å². The first kappa shape index (κ1) is 19.4. The maximum atomic E-state index is 5.41. The van der Waals surface area contributed by atoms with Crippen LogP contribution in [0.3, 0.4) is 0 Å². The van der Waals surface area contributed by atoms with Crippen molar-refractivity contribution in [3.05, 3.63) is 121 Å². The summed E-state index contributed by atoms with van der Waals surface area (Å²) in [5.41, 5.74) is 1.01. The summed E-state index contributed by atoms with van der Waals surface area (Å²) in [6, 6.07) is 42.4. The number of benzene rings is 4. The highest BCUT2D eigenvalue weighted by Crippen LogP contribution is 2.48. The molecule has 0 radical (unpaired) electrons. The second-order valence-corrected chi connectivity index (χ2v) is 9.10. The lowest BCUT2D eigenvalue weighted by Gasteiger charge is -2.27. The summed E-state index contributed by atoms with van der Waals surface area (Å²) in [4.78, 5) is 0. The molecular formula is C24H21BrNP. The van der Waals surface area contributed by atoms with Crippen LogP contribution >= 0.6 is 24.0 Å². The molecule has 0 bridgehead atoms. The zero-order valence-electron chi connectivity index (χ0n) is 14.8. The van der Waals surface area contributed by atoms with E-state index in [1.807, 2.05) is 6.07 Å². The van der Waals surface area contributed by atoms with E-state index >= 15 is 0 Å². The van der Waals surface area contributed by atoms with Crippen LogP contribution in [0.1, 0.15) is 0 Å². The molecule has 134 valence electrons. The Bertz CT molecular complexity index is 914. The Morgan fingerprint density at radius 2 is 0.704 bits per heavy atom. The number of hydrogen-bond acceptors (Lipinski definition) is 1. The number of rotatable bonds is 4.